The van der Waals surface area contributed by atoms with Gasteiger partial charge >= 0.3 is 0 Å². The van der Waals surface area contributed by atoms with Crippen molar-refractivity contribution < 1.29 is 13.2 Å². The van der Waals surface area contributed by atoms with Gasteiger partial charge in [-0.1, -0.05) is 43.3 Å². The van der Waals surface area contributed by atoms with Crippen molar-refractivity contribution in [3.63, 3.8) is 0 Å². The average molecular weight is 346 g/mol. The van der Waals surface area contributed by atoms with Crippen molar-refractivity contribution in [1.29, 1.82) is 0 Å². The van der Waals surface area contributed by atoms with Gasteiger partial charge in [0, 0.05) is 5.56 Å². The molecule has 0 saturated carbocycles. The molecule has 0 aliphatic heterocycles. The number of anilines is 1. The van der Waals surface area contributed by atoms with E-state index in [0.717, 1.165) is 18.2 Å². The average Bonchev–Trinajstić information content (AvgIpc) is 2.54. The first-order chi connectivity index (χ1) is 11.3. The fourth-order valence-corrected chi connectivity index (χ4v) is 3.15. The molecule has 128 valence electrons. The highest BCUT2D eigenvalue weighted by Crippen LogP contribution is 2.22. The van der Waals surface area contributed by atoms with Crippen molar-refractivity contribution in [1.82, 2.24) is 5.32 Å². The van der Waals surface area contributed by atoms with Crippen LogP contribution in [0.5, 0.6) is 0 Å². The molecular weight excluding hydrogens is 324 g/mol. The third-order valence-electron chi connectivity index (χ3n) is 3.79. The molecule has 0 aliphatic rings. The Hall–Kier alpha value is -2.34. The highest BCUT2D eigenvalue weighted by Gasteiger charge is 2.17. The zero-order chi connectivity index (χ0) is 17.7. The Kier molecular flexibility index (Phi) is 5.62. The van der Waals surface area contributed by atoms with Crippen molar-refractivity contribution in [2.45, 2.75) is 26.3 Å². The van der Waals surface area contributed by atoms with Gasteiger partial charge in [-0.15, -0.1) is 0 Å². The van der Waals surface area contributed by atoms with Gasteiger partial charge in [-0.2, -0.15) is 0 Å². The van der Waals surface area contributed by atoms with Gasteiger partial charge in [0.1, 0.15) is 0 Å². The predicted octanol–water partition coefficient (Wildman–Crippen LogP) is 3.25. The van der Waals surface area contributed by atoms with E-state index < -0.39 is 10.0 Å². The summed E-state index contributed by atoms with van der Waals surface area (Å²) < 4.78 is 25.3. The van der Waals surface area contributed by atoms with Crippen LogP contribution in [0.3, 0.4) is 0 Å². The molecule has 0 bridgehead atoms. The first kappa shape index (κ1) is 18.0. The summed E-state index contributed by atoms with van der Waals surface area (Å²) in [7, 11) is -3.39. The van der Waals surface area contributed by atoms with Crippen LogP contribution >= 0.6 is 0 Å². The van der Waals surface area contributed by atoms with Crippen LogP contribution in [0.1, 0.15) is 40.9 Å². The summed E-state index contributed by atoms with van der Waals surface area (Å²) >= 11 is 0. The molecular formula is C18H22N2O3S. The summed E-state index contributed by atoms with van der Waals surface area (Å²) in [5.74, 6) is -0.222. The molecule has 0 aliphatic carbocycles. The lowest BCUT2D eigenvalue weighted by atomic mass is 10.0. The predicted molar refractivity (Wildman–Crippen MR) is 96.6 cm³/mol. The van der Waals surface area contributed by atoms with E-state index in [4.69, 9.17) is 0 Å². The second-order valence-corrected chi connectivity index (χ2v) is 7.45. The zero-order valence-corrected chi connectivity index (χ0v) is 14.9. The van der Waals surface area contributed by atoms with E-state index >= 15 is 0 Å². The largest absolute Gasteiger partial charge is 0.345 e. The number of benzene rings is 2. The maximum Gasteiger partial charge on any atom is 0.252 e. The van der Waals surface area contributed by atoms with Gasteiger partial charge in [-0.3, -0.25) is 9.52 Å². The molecule has 0 saturated heterocycles. The summed E-state index contributed by atoms with van der Waals surface area (Å²) in [4.78, 5) is 12.6. The number of rotatable bonds is 6. The summed E-state index contributed by atoms with van der Waals surface area (Å²) in [5, 5.41) is 3.01. The Labute approximate surface area is 143 Å². The first-order valence-corrected chi connectivity index (χ1v) is 9.64. The zero-order valence-electron chi connectivity index (χ0n) is 14.0. The maximum absolute atomic E-state index is 12.6. The number of nitrogens with one attached hydrogen (secondary N) is 2. The number of carbonyl (C=O) groups excluding carboxylic acids is 1. The molecule has 2 aromatic carbocycles. The Balaban J connectivity index is 2.25. The molecule has 0 fully saturated rings. The van der Waals surface area contributed by atoms with Crippen LogP contribution in [0.25, 0.3) is 0 Å². The number of amides is 1. The standard InChI is InChI=1S/C18H22N2O3S/c1-4-16(14-9-6-5-7-10-14)19-18(21)15-11-8-12-17(13(15)2)20-24(3,22)23/h5-12,16,20H,4H2,1-3H3,(H,19,21)/t16-/m0/s1. The smallest absolute Gasteiger partial charge is 0.252 e. The number of sulfonamides is 1. The Bertz CT molecular complexity index is 817. The molecule has 6 heteroatoms. The molecule has 24 heavy (non-hydrogen) atoms. The van der Waals surface area contributed by atoms with Gasteiger partial charge < -0.3 is 5.32 Å². The normalized spacial score (nSPS) is 12.5. The topological polar surface area (TPSA) is 75.3 Å². The van der Waals surface area contributed by atoms with E-state index in [-0.39, 0.29) is 11.9 Å². The lowest BCUT2D eigenvalue weighted by Crippen LogP contribution is -2.29. The van der Waals surface area contributed by atoms with Crippen LogP contribution in [0.2, 0.25) is 0 Å². The lowest BCUT2D eigenvalue weighted by Gasteiger charge is -2.19. The van der Waals surface area contributed by atoms with Gasteiger partial charge in [0.05, 0.1) is 18.0 Å². The number of hydrogen-bond acceptors (Lipinski definition) is 3. The van der Waals surface area contributed by atoms with Crippen LogP contribution in [0.15, 0.2) is 48.5 Å². The van der Waals surface area contributed by atoms with Crippen molar-refractivity contribution in [2.24, 2.45) is 0 Å². The molecule has 2 rings (SSSR count). The minimum Gasteiger partial charge on any atom is -0.345 e. The van der Waals surface area contributed by atoms with Crippen LogP contribution in [0.4, 0.5) is 5.69 Å². The highest BCUT2D eigenvalue weighted by atomic mass is 32.2. The van der Waals surface area contributed by atoms with Gasteiger partial charge in [0.2, 0.25) is 10.0 Å². The van der Waals surface area contributed by atoms with Gasteiger partial charge in [0.15, 0.2) is 0 Å². The van der Waals surface area contributed by atoms with E-state index in [1.165, 1.54) is 0 Å². The van der Waals surface area contributed by atoms with E-state index in [1.54, 1.807) is 25.1 Å². The molecule has 1 amide bonds. The summed E-state index contributed by atoms with van der Waals surface area (Å²) in [6.07, 6.45) is 1.85. The quantitative estimate of drug-likeness (QED) is 0.843. The van der Waals surface area contributed by atoms with Gasteiger partial charge in [0.25, 0.3) is 5.91 Å². The van der Waals surface area contributed by atoms with E-state index in [0.29, 0.717) is 16.8 Å². The summed E-state index contributed by atoms with van der Waals surface area (Å²) in [6.45, 7) is 3.73. The van der Waals surface area contributed by atoms with Crippen molar-refractivity contribution in [3.05, 3.63) is 65.2 Å². The Morgan fingerprint density at radius 1 is 1.08 bits per heavy atom. The molecule has 0 unspecified atom stereocenters. The van der Waals surface area contributed by atoms with E-state index in [1.807, 2.05) is 37.3 Å². The fraction of sp³-hybridized carbons (Fsp3) is 0.278. The molecule has 0 radical (unpaired) electrons. The molecule has 2 N–H and O–H groups in total. The minimum absolute atomic E-state index is 0.0929. The monoisotopic (exact) mass is 346 g/mol. The number of carbonyl (C=O) groups is 1. The van der Waals surface area contributed by atoms with Crippen LogP contribution < -0.4 is 10.0 Å². The third-order valence-corrected chi connectivity index (χ3v) is 4.38. The Morgan fingerprint density at radius 3 is 2.33 bits per heavy atom. The molecule has 5 nitrogen and oxygen atoms in total. The van der Waals surface area contributed by atoms with Gasteiger partial charge in [-0.05, 0) is 36.6 Å². The minimum atomic E-state index is -3.39. The number of hydrogen-bond donors (Lipinski definition) is 2. The highest BCUT2D eigenvalue weighted by molar-refractivity contribution is 7.92. The second kappa shape index (κ2) is 7.49. The van der Waals surface area contributed by atoms with Gasteiger partial charge in [-0.25, -0.2) is 8.42 Å². The molecule has 0 spiro atoms. The summed E-state index contributed by atoms with van der Waals surface area (Å²) in [6, 6.07) is 14.7. The fourth-order valence-electron chi connectivity index (χ4n) is 2.53. The van der Waals surface area contributed by atoms with Crippen molar-refractivity contribution in [3.8, 4) is 0 Å². The van der Waals surface area contributed by atoms with Crippen molar-refractivity contribution in [2.75, 3.05) is 11.0 Å². The third kappa shape index (κ3) is 4.58. The SMILES string of the molecule is CC[C@H](NC(=O)c1cccc(NS(C)(=O)=O)c1C)c1ccccc1. The molecule has 0 aromatic heterocycles. The summed E-state index contributed by atoms with van der Waals surface area (Å²) in [5.41, 5.74) is 2.51. The van der Waals surface area contributed by atoms with Crippen LogP contribution in [-0.2, 0) is 10.0 Å². The maximum atomic E-state index is 12.6. The molecule has 2 aromatic rings. The van der Waals surface area contributed by atoms with Crippen LogP contribution in [-0.4, -0.2) is 20.6 Å². The van der Waals surface area contributed by atoms with Crippen molar-refractivity contribution >= 4 is 21.6 Å². The molecule has 1 atom stereocenters. The van der Waals surface area contributed by atoms with E-state index in [2.05, 4.69) is 10.0 Å². The Morgan fingerprint density at radius 2 is 1.75 bits per heavy atom. The molecule has 0 heterocycles. The van der Waals surface area contributed by atoms with E-state index in [9.17, 15) is 13.2 Å². The van der Waals surface area contributed by atoms with Crippen LogP contribution in [0, 0.1) is 6.92 Å². The first-order valence-electron chi connectivity index (χ1n) is 7.75. The second-order valence-electron chi connectivity index (χ2n) is 5.70. The lowest BCUT2D eigenvalue weighted by molar-refractivity contribution is 0.0935.